The minimum absolute atomic E-state index is 0.0426. The smallest absolute Gasteiger partial charge is 0.233 e. The monoisotopic (exact) mass is 278 g/mol. The Labute approximate surface area is 121 Å². The molecule has 0 radical (unpaired) electrons. The van der Waals surface area contributed by atoms with E-state index in [-0.39, 0.29) is 29.2 Å². The molecule has 2 aliphatic carbocycles. The van der Waals surface area contributed by atoms with E-state index in [2.05, 4.69) is 6.92 Å². The fraction of sp³-hybridized carbons (Fsp3) is 0.875. The van der Waals surface area contributed by atoms with Gasteiger partial charge in [0.1, 0.15) is 0 Å². The summed E-state index contributed by atoms with van der Waals surface area (Å²) in [5, 5.41) is 0. The van der Waals surface area contributed by atoms with E-state index in [0.717, 1.165) is 51.4 Å². The lowest BCUT2D eigenvalue weighted by Gasteiger charge is -2.44. The van der Waals surface area contributed by atoms with Gasteiger partial charge >= 0.3 is 0 Å². The average Bonchev–Trinajstić information content (AvgIpc) is 2.74. The second-order valence-corrected chi connectivity index (χ2v) is 7.12. The van der Waals surface area contributed by atoms with Gasteiger partial charge in [-0.2, -0.15) is 0 Å². The first-order valence-electron chi connectivity index (χ1n) is 8.17. The maximum Gasteiger partial charge on any atom is 0.233 e. The van der Waals surface area contributed by atoms with Crippen molar-refractivity contribution in [2.24, 2.45) is 23.5 Å². The van der Waals surface area contributed by atoms with Crippen LogP contribution < -0.4 is 5.73 Å². The lowest BCUT2D eigenvalue weighted by atomic mass is 9.76. The molecule has 0 spiro atoms. The largest absolute Gasteiger partial charge is 0.328 e. The SMILES string of the molecule is CC1CCC(CN)(N2C(=O)C3CCCCC3C2=O)CC1. The molecule has 0 aromatic heterocycles. The zero-order valence-corrected chi connectivity index (χ0v) is 12.4. The molecule has 3 rings (SSSR count). The molecule has 2 N–H and O–H groups in total. The molecule has 1 heterocycles. The number of amides is 2. The fourth-order valence-electron chi connectivity index (χ4n) is 4.45. The van der Waals surface area contributed by atoms with Gasteiger partial charge in [0.15, 0.2) is 0 Å². The second-order valence-electron chi connectivity index (χ2n) is 7.12. The van der Waals surface area contributed by atoms with Gasteiger partial charge in [-0.1, -0.05) is 19.8 Å². The standard InChI is InChI=1S/C16H26N2O2/c1-11-6-8-16(10-17,9-7-11)18-14(19)12-4-2-3-5-13(12)15(18)20/h11-13H,2-10,17H2,1H3. The second kappa shape index (κ2) is 5.14. The Kier molecular flexibility index (Phi) is 3.61. The summed E-state index contributed by atoms with van der Waals surface area (Å²) in [6, 6.07) is 0. The van der Waals surface area contributed by atoms with Crippen LogP contribution in [0.15, 0.2) is 0 Å². The Hall–Kier alpha value is -0.900. The van der Waals surface area contributed by atoms with E-state index < -0.39 is 0 Å². The maximum atomic E-state index is 12.7. The van der Waals surface area contributed by atoms with E-state index >= 15 is 0 Å². The zero-order valence-electron chi connectivity index (χ0n) is 12.4. The highest BCUT2D eigenvalue weighted by Crippen LogP contribution is 2.45. The molecule has 0 aromatic carbocycles. The van der Waals surface area contributed by atoms with Crippen LogP contribution in [0, 0.1) is 17.8 Å². The normalized spacial score (nSPS) is 41.9. The van der Waals surface area contributed by atoms with Gasteiger partial charge in [-0.15, -0.1) is 0 Å². The van der Waals surface area contributed by atoms with E-state index in [1.54, 1.807) is 4.90 Å². The molecule has 2 atom stereocenters. The van der Waals surface area contributed by atoms with Crippen LogP contribution in [0.4, 0.5) is 0 Å². The van der Waals surface area contributed by atoms with Gasteiger partial charge in [0.2, 0.25) is 11.8 Å². The predicted molar refractivity (Wildman–Crippen MR) is 76.7 cm³/mol. The first kappa shape index (κ1) is 14.1. The lowest BCUT2D eigenvalue weighted by Crippen LogP contribution is -2.58. The quantitative estimate of drug-likeness (QED) is 0.786. The van der Waals surface area contributed by atoms with Crippen molar-refractivity contribution in [3.63, 3.8) is 0 Å². The van der Waals surface area contributed by atoms with E-state index in [1.165, 1.54) is 0 Å². The molecule has 1 saturated heterocycles. The van der Waals surface area contributed by atoms with Gasteiger partial charge in [0, 0.05) is 6.54 Å². The summed E-state index contributed by atoms with van der Waals surface area (Å²) in [4.78, 5) is 27.1. The third-order valence-electron chi connectivity index (χ3n) is 5.90. The van der Waals surface area contributed by atoms with Crippen LogP contribution in [-0.4, -0.2) is 28.8 Å². The van der Waals surface area contributed by atoms with Crippen LogP contribution >= 0.6 is 0 Å². The van der Waals surface area contributed by atoms with Gasteiger partial charge < -0.3 is 5.73 Å². The van der Waals surface area contributed by atoms with Crippen molar-refractivity contribution >= 4 is 11.8 Å². The van der Waals surface area contributed by atoms with Crippen molar-refractivity contribution < 1.29 is 9.59 Å². The molecule has 2 amide bonds. The van der Waals surface area contributed by atoms with Crippen molar-refractivity contribution in [2.75, 3.05) is 6.54 Å². The van der Waals surface area contributed by atoms with Crippen LogP contribution in [0.3, 0.4) is 0 Å². The lowest BCUT2D eigenvalue weighted by molar-refractivity contribution is -0.149. The number of fused-ring (bicyclic) bond motifs is 1. The third kappa shape index (κ3) is 2.00. The number of hydrogen-bond donors (Lipinski definition) is 1. The van der Waals surface area contributed by atoms with E-state index in [1.807, 2.05) is 0 Å². The van der Waals surface area contributed by atoms with Gasteiger partial charge in [-0.3, -0.25) is 14.5 Å². The van der Waals surface area contributed by atoms with Crippen molar-refractivity contribution in [1.82, 2.24) is 4.90 Å². The number of likely N-dealkylation sites (tertiary alicyclic amines) is 1. The molecule has 20 heavy (non-hydrogen) atoms. The Balaban J connectivity index is 1.88. The molecule has 2 saturated carbocycles. The number of hydrogen-bond acceptors (Lipinski definition) is 3. The van der Waals surface area contributed by atoms with Gasteiger partial charge in [0.05, 0.1) is 17.4 Å². The number of nitrogens with two attached hydrogens (primary N) is 1. The number of imide groups is 1. The van der Waals surface area contributed by atoms with Crippen molar-refractivity contribution in [3.05, 3.63) is 0 Å². The minimum atomic E-state index is -0.377. The molecule has 0 bridgehead atoms. The van der Waals surface area contributed by atoms with Crippen molar-refractivity contribution in [1.29, 1.82) is 0 Å². The Morgan fingerprint density at radius 2 is 1.55 bits per heavy atom. The molecule has 112 valence electrons. The summed E-state index contributed by atoms with van der Waals surface area (Å²) in [5.74, 6) is 0.766. The summed E-state index contributed by atoms with van der Waals surface area (Å²) in [7, 11) is 0. The number of carbonyl (C=O) groups excluding carboxylic acids is 2. The van der Waals surface area contributed by atoms with Crippen molar-refractivity contribution in [2.45, 2.75) is 63.8 Å². The number of carbonyl (C=O) groups is 2. The van der Waals surface area contributed by atoms with Crippen LogP contribution in [0.2, 0.25) is 0 Å². The first-order chi connectivity index (χ1) is 9.59. The Morgan fingerprint density at radius 1 is 1.05 bits per heavy atom. The summed E-state index contributed by atoms with van der Waals surface area (Å²) >= 11 is 0. The molecule has 3 aliphatic rings. The fourth-order valence-corrected chi connectivity index (χ4v) is 4.45. The summed E-state index contributed by atoms with van der Waals surface area (Å²) in [6.07, 6.45) is 7.88. The summed E-state index contributed by atoms with van der Waals surface area (Å²) < 4.78 is 0. The summed E-state index contributed by atoms with van der Waals surface area (Å²) in [6.45, 7) is 2.67. The minimum Gasteiger partial charge on any atom is -0.328 e. The summed E-state index contributed by atoms with van der Waals surface area (Å²) in [5.41, 5.74) is 5.65. The van der Waals surface area contributed by atoms with E-state index in [4.69, 9.17) is 5.73 Å². The van der Waals surface area contributed by atoms with E-state index in [9.17, 15) is 9.59 Å². The molecule has 4 nitrogen and oxygen atoms in total. The molecular formula is C16H26N2O2. The molecule has 3 fully saturated rings. The van der Waals surface area contributed by atoms with Crippen LogP contribution in [0.5, 0.6) is 0 Å². The molecular weight excluding hydrogens is 252 g/mol. The Morgan fingerprint density at radius 3 is 2.00 bits per heavy atom. The number of nitrogens with zero attached hydrogens (tertiary/aromatic N) is 1. The molecule has 0 aromatic rings. The third-order valence-corrected chi connectivity index (χ3v) is 5.90. The Bertz CT molecular complexity index is 389. The highest BCUT2D eigenvalue weighted by atomic mass is 16.2. The van der Waals surface area contributed by atoms with Crippen molar-refractivity contribution in [3.8, 4) is 0 Å². The van der Waals surface area contributed by atoms with E-state index in [0.29, 0.717) is 12.5 Å². The van der Waals surface area contributed by atoms with Gasteiger partial charge in [-0.25, -0.2) is 0 Å². The highest BCUT2D eigenvalue weighted by Gasteiger charge is 2.55. The maximum absolute atomic E-state index is 12.7. The molecule has 2 unspecified atom stereocenters. The first-order valence-corrected chi connectivity index (χ1v) is 8.17. The van der Waals surface area contributed by atoms with Gasteiger partial charge in [0.25, 0.3) is 0 Å². The average molecular weight is 278 g/mol. The molecule has 1 aliphatic heterocycles. The molecule has 4 heteroatoms. The predicted octanol–water partition coefficient (Wildman–Crippen LogP) is 2.07. The van der Waals surface area contributed by atoms with Crippen LogP contribution in [-0.2, 0) is 9.59 Å². The van der Waals surface area contributed by atoms with Gasteiger partial charge in [-0.05, 0) is 44.4 Å². The topological polar surface area (TPSA) is 63.4 Å². The zero-order chi connectivity index (χ0) is 14.3. The highest BCUT2D eigenvalue weighted by molar-refractivity contribution is 6.06. The number of rotatable bonds is 2. The van der Waals surface area contributed by atoms with Crippen LogP contribution in [0.25, 0.3) is 0 Å². The van der Waals surface area contributed by atoms with Crippen LogP contribution in [0.1, 0.15) is 58.3 Å².